The summed E-state index contributed by atoms with van der Waals surface area (Å²) in [7, 11) is 0. The van der Waals surface area contributed by atoms with Gasteiger partial charge in [0.25, 0.3) is 5.91 Å². The third kappa shape index (κ3) is 3.18. The van der Waals surface area contributed by atoms with Gasteiger partial charge in [-0.25, -0.2) is 4.79 Å². The van der Waals surface area contributed by atoms with Crippen molar-refractivity contribution in [2.24, 2.45) is 0 Å². The summed E-state index contributed by atoms with van der Waals surface area (Å²) < 4.78 is 5.60. The Bertz CT molecular complexity index is 475. The van der Waals surface area contributed by atoms with E-state index in [0.717, 1.165) is 25.7 Å². The van der Waals surface area contributed by atoms with Gasteiger partial charge in [0.15, 0.2) is 10.4 Å². The smallest absolute Gasteiger partial charge is 0.329 e. The van der Waals surface area contributed by atoms with Gasteiger partial charge in [-0.2, -0.15) is 0 Å². The topological polar surface area (TPSA) is 79.5 Å². The Morgan fingerprint density at radius 1 is 1.21 bits per heavy atom. The highest BCUT2D eigenvalue weighted by Gasteiger charge is 2.40. The molecule has 1 aliphatic carbocycles. The second-order valence-electron chi connectivity index (χ2n) is 4.86. The third-order valence-electron chi connectivity index (χ3n) is 3.52. The van der Waals surface area contributed by atoms with Crippen molar-refractivity contribution >= 4 is 27.8 Å². The summed E-state index contributed by atoms with van der Waals surface area (Å²) in [5.41, 5.74) is -1.16. The van der Waals surface area contributed by atoms with Crippen molar-refractivity contribution in [1.29, 1.82) is 0 Å². The molecular weight excluding hydrogens is 314 g/mol. The number of hydrogen-bond acceptors (Lipinski definition) is 3. The van der Waals surface area contributed by atoms with E-state index in [2.05, 4.69) is 21.2 Å². The zero-order chi connectivity index (χ0) is 13.9. The van der Waals surface area contributed by atoms with Gasteiger partial charge in [0.05, 0.1) is 0 Å². The van der Waals surface area contributed by atoms with Crippen LogP contribution in [0.1, 0.15) is 49.1 Å². The van der Waals surface area contributed by atoms with Gasteiger partial charge >= 0.3 is 5.97 Å². The summed E-state index contributed by atoms with van der Waals surface area (Å²) >= 11 is 3.12. The third-order valence-corrected chi connectivity index (χ3v) is 3.94. The number of carboxylic acids is 1. The number of furan rings is 1. The Hall–Kier alpha value is -1.30. The van der Waals surface area contributed by atoms with E-state index in [1.165, 1.54) is 6.07 Å². The first kappa shape index (κ1) is 14.1. The lowest BCUT2D eigenvalue weighted by Crippen LogP contribution is -2.54. The largest absolute Gasteiger partial charge is 0.480 e. The first-order chi connectivity index (χ1) is 9.03. The van der Waals surface area contributed by atoms with Crippen LogP contribution in [0.25, 0.3) is 0 Å². The lowest BCUT2D eigenvalue weighted by molar-refractivity contribution is -0.145. The molecule has 0 spiro atoms. The fourth-order valence-electron chi connectivity index (χ4n) is 2.44. The highest BCUT2D eigenvalue weighted by atomic mass is 79.9. The molecule has 1 amide bonds. The van der Waals surface area contributed by atoms with E-state index in [4.69, 9.17) is 4.42 Å². The normalized spacial score (nSPS) is 18.6. The number of carboxylic acid groups (broad SMARTS) is 1. The molecule has 0 bridgehead atoms. The molecule has 0 aliphatic heterocycles. The van der Waals surface area contributed by atoms with Gasteiger partial charge in [0, 0.05) is 0 Å². The summed E-state index contributed by atoms with van der Waals surface area (Å²) in [4.78, 5) is 23.6. The highest BCUT2D eigenvalue weighted by Crippen LogP contribution is 2.28. The number of carbonyl (C=O) groups is 2. The van der Waals surface area contributed by atoms with Crippen molar-refractivity contribution in [2.75, 3.05) is 0 Å². The van der Waals surface area contributed by atoms with E-state index in [0.29, 0.717) is 17.5 Å². The Labute approximate surface area is 119 Å². The summed E-state index contributed by atoms with van der Waals surface area (Å²) in [5, 5.41) is 12.1. The summed E-state index contributed by atoms with van der Waals surface area (Å²) in [5.74, 6) is -1.32. The molecule has 19 heavy (non-hydrogen) atoms. The average molecular weight is 330 g/mol. The van der Waals surface area contributed by atoms with E-state index in [1.54, 1.807) is 6.07 Å². The van der Waals surface area contributed by atoms with Crippen LogP contribution in [-0.2, 0) is 4.79 Å². The van der Waals surface area contributed by atoms with E-state index < -0.39 is 17.4 Å². The standard InChI is InChI=1S/C13H16BrNO4/c14-10-6-5-9(19-10)11(16)15-13(12(17)18)7-3-1-2-4-8-13/h5-6H,1-4,7-8H2,(H,15,16)(H,17,18). The summed E-state index contributed by atoms with van der Waals surface area (Å²) in [6.07, 6.45) is 4.59. The lowest BCUT2D eigenvalue weighted by Gasteiger charge is -2.28. The van der Waals surface area contributed by atoms with E-state index in [1.807, 2.05) is 0 Å². The van der Waals surface area contributed by atoms with Gasteiger partial charge in [0.2, 0.25) is 0 Å². The van der Waals surface area contributed by atoms with Gasteiger partial charge in [-0.15, -0.1) is 0 Å². The predicted molar refractivity (Wildman–Crippen MR) is 71.9 cm³/mol. The molecular formula is C13H16BrNO4. The minimum atomic E-state index is -1.16. The van der Waals surface area contributed by atoms with Crippen molar-refractivity contribution in [3.8, 4) is 0 Å². The number of nitrogens with one attached hydrogen (secondary N) is 1. The molecule has 1 saturated carbocycles. The first-order valence-corrected chi connectivity index (χ1v) is 7.14. The number of aliphatic carboxylic acids is 1. The summed E-state index contributed by atoms with van der Waals surface area (Å²) in [6.45, 7) is 0. The van der Waals surface area contributed by atoms with Crippen molar-refractivity contribution in [1.82, 2.24) is 5.32 Å². The molecule has 1 aromatic heterocycles. The molecule has 104 valence electrons. The highest BCUT2D eigenvalue weighted by molar-refractivity contribution is 9.10. The van der Waals surface area contributed by atoms with Crippen LogP contribution < -0.4 is 5.32 Å². The molecule has 0 aromatic carbocycles. The fourth-order valence-corrected chi connectivity index (χ4v) is 2.75. The van der Waals surface area contributed by atoms with E-state index >= 15 is 0 Å². The number of carbonyl (C=O) groups excluding carboxylic acids is 1. The molecule has 0 unspecified atom stereocenters. The van der Waals surface area contributed by atoms with Crippen LogP contribution in [0.15, 0.2) is 21.2 Å². The van der Waals surface area contributed by atoms with Gasteiger partial charge in [-0.3, -0.25) is 4.79 Å². The van der Waals surface area contributed by atoms with Crippen molar-refractivity contribution < 1.29 is 19.1 Å². The SMILES string of the molecule is O=C(NC1(C(=O)O)CCCCCC1)c1ccc(Br)o1. The maximum atomic E-state index is 12.1. The van der Waals surface area contributed by atoms with Crippen LogP contribution in [0.5, 0.6) is 0 Å². The second kappa shape index (κ2) is 5.77. The molecule has 2 rings (SSSR count). The van der Waals surface area contributed by atoms with Crippen molar-refractivity contribution in [3.63, 3.8) is 0 Å². The monoisotopic (exact) mass is 329 g/mol. The Balaban J connectivity index is 2.16. The molecule has 1 aliphatic rings. The molecule has 1 heterocycles. The molecule has 0 radical (unpaired) electrons. The minimum absolute atomic E-state index is 0.122. The fraction of sp³-hybridized carbons (Fsp3) is 0.538. The zero-order valence-electron chi connectivity index (χ0n) is 10.4. The molecule has 0 saturated heterocycles. The van der Waals surface area contributed by atoms with E-state index in [-0.39, 0.29) is 5.76 Å². The van der Waals surface area contributed by atoms with Crippen molar-refractivity contribution in [2.45, 2.75) is 44.1 Å². The van der Waals surface area contributed by atoms with Crippen molar-refractivity contribution in [3.05, 3.63) is 22.6 Å². The van der Waals surface area contributed by atoms with Gasteiger partial charge in [0.1, 0.15) is 5.54 Å². The molecule has 2 N–H and O–H groups in total. The molecule has 1 aromatic rings. The average Bonchev–Trinajstić information content (AvgIpc) is 2.65. The van der Waals surface area contributed by atoms with Crippen LogP contribution in [0.3, 0.4) is 0 Å². The quantitative estimate of drug-likeness (QED) is 0.835. The number of amides is 1. The molecule has 1 fully saturated rings. The maximum Gasteiger partial charge on any atom is 0.329 e. The van der Waals surface area contributed by atoms with Crippen LogP contribution in [0.2, 0.25) is 0 Å². The molecule has 5 nitrogen and oxygen atoms in total. The second-order valence-corrected chi connectivity index (χ2v) is 5.64. The lowest BCUT2D eigenvalue weighted by atomic mass is 9.90. The predicted octanol–water partition coefficient (Wildman–Crippen LogP) is 2.95. The number of rotatable bonds is 3. The Morgan fingerprint density at radius 3 is 2.32 bits per heavy atom. The first-order valence-electron chi connectivity index (χ1n) is 6.35. The summed E-state index contributed by atoms with van der Waals surface area (Å²) in [6, 6.07) is 3.13. The Kier molecular flexibility index (Phi) is 4.29. The minimum Gasteiger partial charge on any atom is -0.480 e. The molecule has 0 atom stereocenters. The maximum absolute atomic E-state index is 12.1. The number of halogens is 1. The van der Waals surface area contributed by atoms with Crippen LogP contribution >= 0.6 is 15.9 Å². The van der Waals surface area contributed by atoms with Gasteiger partial charge < -0.3 is 14.8 Å². The van der Waals surface area contributed by atoms with Crippen LogP contribution in [0, 0.1) is 0 Å². The van der Waals surface area contributed by atoms with Gasteiger partial charge in [-0.1, -0.05) is 25.7 Å². The number of hydrogen-bond donors (Lipinski definition) is 2. The Morgan fingerprint density at radius 2 is 1.84 bits per heavy atom. The van der Waals surface area contributed by atoms with Crippen LogP contribution in [-0.4, -0.2) is 22.5 Å². The zero-order valence-corrected chi connectivity index (χ0v) is 12.0. The van der Waals surface area contributed by atoms with E-state index in [9.17, 15) is 14.7 Å². The molecule has 6 heteroatoms. The van der Waals surface area contributed by atoms with Crippen LogP contribution in [0.4, 0.5) is 0 Å². The van der Waals surface area contributed by atoms with Gasteiger partial charge in [-0.05, 0) is 40.9 Å².